The molecular formula is C18H19Cl2NO5. The molecule has 0 saturated carbocycles. The largest absolute Gasteiger partial charge is 0.481 e. The van der Waals surface area contributed by atoms with E-state index in [9.17, 15) is 9.59 Å². The Morgan fingerprint density at radius 3 is 2.54 bits per heavy atom. The normalized spacial score (nSPS) is 11.8. The second-order valence-electron chi connectivity index (χ2n) is 5.70. The summed E-state index contributed by atoms with van der Waals surface area (Å²) in [6.07, 6.45) is -0.742. The minimum absolute atomic E-state index is 0.186. The Morgan fingerprint density at radius 2 is 1.92 bits per heavy atom. The van der Waals surface area contributed by atoms with Crippen molar-refractivity contribution in [2.75, 3.05) is 14.2 Å². The van der Waals surface area contributed by atoms with E-state index < -0.39 is 12.1 Å². The van der Waals surface area contributed by atoms with Gasteiger partial charge in [0.2, 0.25) is 0 Å². The summed E-state index contributed by atoms with van der Waals surface area (Å²) in [5.41, 5.74) is 0.337. The summed E-state index contributed by atoms with van der Waals surface area (Å²) >= 11 is 11.8. The number of carbonyl (C=O) groups excluding carboxylic acids is 2. The number of esters is 1. The summed E-state index contributed by atoms with van der Waals surface area (Å²) in [5, 5.41) is 0.753. The highest BCUT2D eigenvalue weighted by Gasteiger charge is 2.22. The lowest BCUT2D eigenvalue weighted by molar-refractivity contribution is -0.137. The summed E-state index contributed by atoms with van der Waals surface area (Å²) in [5.74, 6) is 0.608. The van der Waals surface area contributed by atoms with Crippen LogP contribution in [0.4, 0.5) is 0 Å². The van der Waals surface area contributed by atoms with E-state index in [4.69, 9.17) is 32.4 Å². The molecule has 0 spiro atoms. The molecule has 2 aromatic rings. The van der Waals surface area contributed by atoms with Gasteiger partial charge in [-0.2, -0.15) is 0 Å². The second-order valence-corrected chi connectivity index (χ2v) is 6.52. The fraction of sp³-hybridized carbons (Fsp3) is 0.333. The number of rotatable bonds is 6. The third kappa shape index (κ3) is 4.71. The molecule has 0 saturated heterocycles. The molecule has 1 aromatic heterocycles. The molecule has 0 aliphatic rings. The quantitative estimate of drug-likeness (QED) is 0.683. The van der Waals surface area contributed by atoms with Crippen LogP contribution >= 0.6 is 23.2 Å². The average molecular weight is 400 g/mol. The summed E-state index contributed by atoms with van der Waals surface area (Å²) < 4.78 is 15.8. The fourth-order valence-electron chi connectivity index (χ4n) is 2.36. The molecule has 1 amide bonds. The monoisotopic (exact) mass is 399 g/mol. The van der Waals surface area contributed by atoms with Crippen molar-refractivity contribution in [3.8, 4) is 5.75 Å². The number of ether oxygens (including phenoxy) is 2. The van der Waals surface area contributed by atoms with Gasteiger partial charge in [-0.3, -0.25) is 4.79 Å². The lowest BCUT2D eigenvalue weighted by atomic mass is 10.2. The molecule has 0 bridgehead atoms. The number of amides is 1. The highest BCUT2D eigenvalue weighted by atomic mass is 35.5. The van der Waals surface area contributed by atoms with Gasteiger partial charge >= 0.3 is 5.97 Å². The van der Waals surface area contributed by atoms with Crippen LogP contribution in [0.25, 0.3) is 0 Å². The van der Waals surface area contributed by atoms with Crippen LogP contribution in [0.5, 0.6) is 5.75 Å². The predicted octanol–water partition coefficient (Wildman–Crippen LogP) is 4.11. The highest BCUT2D eigenvalue weighted by molar-refractivity contribution is 6.42. The Bertz CT molecular complexity index is 818. The smallest absolute Gasteiger partial charge is 0.341 e. The lowest BCUT2D eigenvalue weighted by Gasteiger charge is -2.21. The zero-order chi connectivity index (χ0) is 19.4. The second kappa shape index (κ2) is 8.47. The SMILES string of the molecule is COC(=O)c1cc(CN(C)C(=O)[C@@H](C)Oc2ccc(Cl)c(Cl)c2)oc1C. The van der Waals surface area contributed by atoms with Gasteiger partial charge in [-0.15, -0.1) is 0 Å². The molecule has 140 valence electrons. The number of carbonyl (C=O) groups is 2. The van der Waals surface area contributed by atoms with Gasteiger partial charge in [0, 0.05) is 13.1 Å². The molecule has 6 nitrogen and oxygen atoms in total. The fourth-order valence-corrected chi connectivity index (χ4v) is 2.65. The Hall–Kier alpha value is -2.18. The van der Waals surface area contributed by atoms with Crippen molar-refractivity contribution in [3.63, 3.8) is 0 Å². The third-order valence-corrected chi connectivity index (χ3v) is 4.43. The van der Waals surface area contributed by atoms with Gasteiger partial charge in [0.1, 0.15) is 22.8 Å². The predicted molar refractivity (Wildman–Crippen MR) is 97.8 cm³/mol. The molecule has 0 fully saturated rings. The number of furan rings is 1. The number of halogens is 2. The van der Waals surface area contributed by atoms with Crippen molar-refractivity contribution in [1.82, 2.24) is 4.90 Å². The van der Waals surface area contributed by atoms with E-state index >= 15 is 0 Å². The number of methoxy groups -OCH3 is 1. The number of nitrogens with zero attached hydrogens (tertiary/aromatic N) is 1. The highest BCUT2D eigenvalue weighted by Crippen LogP contribution is 2.27. The number of aryl methyl sites for hydroxylation is 1. The zero-order valence-electron chi connectivity index (χ0n) is 14.8. The maximum atomic E-state index is 12.5. The molecule has 0 aliphatic heterocycles. The maximum Gasteiger partial charge on any atom is 0.341 e. The van der Waals surface area contributed by atoms with E-state index in [1.165, 1.54) is 12.0 Å². The minimum atomic E-state index is -0.742. The molecule has 1 heterocycles. The standard InChI is InChI=1S/C18H19Cl2NO5/c1-10-14(18(23)24-4)7-13(25-10)9-21(3)17(22)11(2)26-12-5-6-15(19)16(20)8-12/h5-8,11H,9H2,1-4H3/t11-/m1/s1. The minimum Gasteiger partial charge on any atom is -0.481 e. The molecule has 0 N–H and O–H groups in total. The topological polar surface area (TPSA) is 69.0 Å². The number of hydrogen-bond donors (Lipinski definition) is 0. The number of benzene rings is 1. The molecule has 26 heavy (non-hydrogen) atoms. The molecule has 0 aliphatic carbocycles. The van der Waals surface area contributed by atoms with E-state index in [-0.39, 0.29) is 12.5 Å². The van der Waals surface area contributed by atoms with E-state index in [0.29, 0.717) is 32.9 Å². The third-order valence-electron chi connectivity index (χ3n) is 3.70. The zero-order valence-corrected chi connectivity index (χ0v) is 16.4. The Balaban J connectivity index is 2.02. The number of likely N-dealkylation sites (N-methyl/N-ethyl adjacent to an activating group) is 1. The first-order valence-electron chi connectivity index (χ1n) is 7.77. The Labute approximate surface area is 161 Å². The van der Waals surface area contributed by atoms with Crippen molar-refractivity contribution < 1.29 is 23.5 Å². The van der Waals surface area contributed by atoms with Crippen LogP contribution in [0.2, 0.25) is 10.0 Å². The Morgan fingerprint density at radius 1 is 1.23 bits per heavy atom. The van der Waals surface area contributed by atoms with Gasteiger partial charge in [0.15, 0.2) is 6.10 Å². The van der Waals surface area contributed by atoms with Crippen LogP contribution in [0, 0.1) is 6.92 Å². The van der Waals surface area contributed by atoms with Gasteiger partial charge < -0.3 is 18.8 Å². The first-order chi connectivity index (χ1) is 12.2. The van der Waals surface area contributed by atoms with Crippen molar-refractivity contribution in [2.24, 2.45) is 0 Å². The molecular weight excluding hydrogens is 381 g/mol. The summed E-state index contributed by atoms with van der Waals surface area (Å²) in [7, 11) is 2.92. The van der Waals surface area contributed by atoms with Crippen molar-refractivity contribution in [2.45, 2.75) is 26.5 Å². The van der Waals surface area contributed by atoms with Crippen LogP contribution in [-0.2, 0) is 16.1 Å². The van der Waals surface area contributed by atoms with E-state index in [2.05, 4.69) is 4.74 Å². The van der Waals surface area contributed by atoms with Crippen LogP contribution in [0.3, 0.4) is 0 Å². The summed E-state index contributed by atoms with van der Waals surface area (Å²) in [6, 6.07) is 6.35. The average Bonchev–Trinajstić information content (AvgIpc) is 2.96. The molecule has 1 atom stereocenters. The van der Waals surface area contributed by atoms with E-state index in [0.717, 1.165) is 0 Å². The first-order valence-corrected chi connectivity index (χ1v) is 8.52. The van der Waals surface area contributed by atoms with Crippen LogP contribution in [0.15, 0.2) is 28.7 Å². The van der Waals surface area contributed by atoms with Crippen LogP contribution in [-0.4, -0.2) is 37.0 Å². The van der Waals surface area contributed by atoms with Gasteiger partial charge in [-0.25, -0.2) is 4.79 Å². The number of hydrogen-bond acceptors (Lipinski definition) is 5. The van der Waals surface area contributed by atoms with Gasteiger partial charge in [0.05, 0.1) is 23.7 Å². The maximum absolute atomic E-state index is 12.5. The summed E-state index contributed by atoms with van der Waals surface area (Å²) in [6.45, 7) is 3.48. The van der Waals surface area contributed by atoms with Gasteiger partial charge in [0.25, 0.3) is 5.91 Å². The van der Waals surface area contributed by atoms with E-state index in [1.54, 1.807) is 45.2 Å². The van der Waals surface area contributed by atoms with Crippen LogP contribution < -0.4 is 4.74 Å². The van der Waals surface area contributed by atoms with Gasteiger partial charge in [-0.05, 0) is 32.0 Å². The van der Waals surface area contributed by atoms with Crippen molar-refractivity contribution in [3.05, 3.63) is 51.4 Å². The lowest BCUT2D eigenvalue weighted by Crippen LogP contribution is -2.37. The molecule has 0 radical (unpaired) electrons. The molecule has 1 aromatic carbocycles. The first kappa shape index (κ1) is 20.1. The summed E-state index contributed by atoms with van der Waals surface area (Å²) in [4.78, 5) is 25.6. The van der Waals surface area contributed by atoms with E-state index in [1.807, 2.05) is 0 Å². The van der Waals surface area contributed by atoms with Crippen molar-refractivity contribution in [1.29, 1.82) is 0 Å². The van der Waals surface area contributed by atoms with Crippen molar-refractivity contribution >= 4 is 35.1 Å². The Kier molecular flexibility index (Phi) is 6.56. The van der Waals surface area contributed by atoms with Crippen LogP contribution in [0.1, 0.15) is 28.8 Å². The molecule has 8 heteroatoms. The molecule has 0 unspecified atom stereocenters. The molecule has 2 rings (SSSR count). The van der Waals surface area contributed by atoms with Gasteiger partial charge in [-0.1, -0.05) is 23.2 Å².